The maximum atomic E-state index is 6.03. The van der Waals surface area contributed by atoms with Gasteiger partial charge in [0.15, 0.2) is 0 Å². The number of hydrogen-bond acceptors (Lipinski definition) is 2. The molecule has 0 saturated heterocycles. The minimum Gasteiger partial charge on any atom is -0.496 e. The molecule has 3 rings (SSSR count). The summed E-state index contributed by atoms with van der Waals surface area (Å²) >= 11 is 0. The van der Waals surface area contributed by atoms with E-state index in [-0.39, 0.29) is 0 Å². The maximum Gasteiger partial charge on any atom is 0.126 e. The molecule has 0 heterocycles. The van der Waals surface area contributed by atoms with Crippen molar-refractivity contribution in [2.45, 2.75) is 6.92 Å². The Morgan fingerprint density at radius 1 is 0.900 bits per heavy atom. The number of anilines is 1. The summed E-state index contributed by atoms with van der Waals surface area (Å²) in [6.45, 7) is 2.02. The molecule has 0 amide bonds. The second-order valence-electron chi connectivity index (χ2n) is 4.93. The first-order valence-electron chi connectivity index (χ1n) is 6.63. The molecule has 0 aliphatic carbocycles. The van der Waals surface area contributed by atoms with Gasteiger partial charge in [0.1, 0.15) is 5.75 Å². The third kappa shape index (κ3) is 1.99. The molecule has 0 bridgehead atoms. The molecule has 2 nitrogen and oxygen atoms in total. The molecule has 0 atom stereocenters. The minimum absolute atomic E-state index is 0.822. The molecule has 20 heavy (non-hydrogen) atoms. The van der Waals surface area contributed by atoms with E-state index in [1.807, 2.05) is 31.2 Å². The second-order valence-corrected chi connectivity index (χ2v) is 4.93. The lowest BCUT2D eigenvalue weighted by atomic mass is 9.96. The van der Waals surface area contributed by atoms with E-state index in [1.165, 1.54) is 10.9 Å². The van der Waals surface area contributed by atoms with Crippen molar-refractivity contribution in [1.82, 2.24) is 0 Å². The van der Waals surface area contributed by atoms with Gasteiger partial charge in [-0.3, -0.25) is 0 Å². The van der Waals surface area contributed by atoms with Gasteiger partial charge in [0.2, 0.25) is 0 Å². The van der Waals surface area contributed by atoms with Gasteiger partial charge in [0.25, 0.3) is 0 Å². The van der Waals surface area contributed by atoms with Crippen molar-refractivity contribution in [1.29, 1.82) is 0 Å². The van der Waals surface area contributed by atoms with Crippen LogP contribution < -0.4 is 10.5 Å². The number of methoxy groups -OCH3 is 1. The largest absolute Gasteiger partial charge is 0.496 e. The lowest BCUT2D eigenvalue weighted by Gasteiger charge is -2.12. The van der Waals surface area contributed by atoms with E-state index < -0.39 is 0 Å². The SMILES string of the molecule is COc1ccc(-c2ccc(C)c(N)c2)c2ccccc12. The van der Waals surface area contributed by atoms with Gasteiger partial charge in [-0.2, -0.15) is 0 Å². The smallest absolute Gasteiger partial charge is 0.126 e. The lowest BCUT2D eigenvalue weighted by molar-refractivity contribution is 0.420. The summed E-state index contributed by atoms with van der Waals surface area (Å²) in [6.07, 6.45) is 0. The van der Waals surface area contributed by atoms with Crippen LogP contribution in [0.5, 0.6) is 5.75 Å². The van der Waals surface area contributed by atoms with E-state index in [1.54, 1.807) is 7.11 Å². The number of aryl methyl sites for hydroxylation is 1. The number of hydrogen-bond donors (Lipinski definition) is 1. The maximum absolute atomic E-state index is 6.03. The zero-order valence-corrected chi connectivity index (χ0v) is 11.7. The first-order chi connectivity index (χ1) is 9.70. The molecule has 0 radical (unpaired) electrons. The molecular weight excluding hydrogens is 246 g/mol. The van der Waals surface area contributed by atoms with Gasteiger partial charge in [0.05, 0.1) is 7.11 Å². The predicted octanol–water partition coefficient (Wildman–Crippen LogP) is 4.41. The third-order valence-electron chi connectivity index (χ3n) is 3.69. The Hall–Kier alpha value is -2.48. The zero-order valence-electron chi connectivity index (χ0n) is 11.7. The number of nitrogen functional groups attached to an aromatic ring is 1. The van der Waals surface area contributed by atoms with E-state index in [0.29, 0.717) is 0 Å². The molecule has 0 fully saturated rings. The van der Waals surface area contributed by atoms with Crippen LogP contribution in [0.15, 0.2) is 54.6 Å². The standard InChI is InChI=1S/C18H17NO/c1-12-7-8-13(11-17(12)19)14-9-10-18(20-2)16-6-4-3-5-15(14)16/h3-11H,19H2,1-2H3. The second kappa shape index (κ2) is 4.89. The van der Waals surface area contributed by atoms with E-state index in [4.69, 9.17) is 10.5 Å². The highest BCUT2D eigenvalue weighted by atomic mass is 16.5. The molecule has 0 aliphatic heterocycles. The quantitative estimate of drug-likeness (QED) is 0.695. The van der Waals surface area contributed by atoms with Crippen molar-refractivity contribution in [3.05, 3.63) is 60.2 Å². The van der Waals surface area contributed by atoms with Crippen molar-refractivity contribution < 1.29 is 4.74 Å². The van der Waals surface area contributed by atoms with E-state index in [0.717, 1.165) is 28.0 Å². The Bertz CT molecular complexity index is 777. The molecule has 3 aromatic rings. The molecule has 0 unspecified atom stereocenters. The monoisotopic (exact) mass is 263 g/mol. The molecule has 0 saturated carbocycles. The molecule has 0 aromatic heterocycles. The summed E-state index contributed by atoms with van der Waals surface area (Å²) < 4.78 is 5.44. The highest BCUT2D eigenvalue weighted by Gasteiger charge is 2.08. The van der Waals surface area contributed by atoms with Gasteiger partial charge < -0.3 is 10.5 Å². The number of ether oxygens (including phenoxy) is 1. The van der Waals surface area contributed by atoms with Crippen LogP contribution in [0.25, 0.3) is 21.9 Å². The van der Waals surface area contributed by atoms with Crippen LogP contribution >= 0.6 is 0 Å². The average molecular weight is 263 g/mol. The van der Waals surface area contributed by atoms with Crippen LogP contribution in [0.1, 0.15) is 5.56 Å². The predicted molar refractivity (Wildman–Crippen MR) is 85.1 cm³/mol. The summed E-state index contributed by atoms with van der Waals surface area (Å²) in [5.74, 6) is 0.893. The van der Waals surface area contributed by atoms with Gasteiger partial charge in [-0.05, 0) is 41.1 Å². The fourth-order valence-corrected chi connectivity index (χ4v) is 2.51. The number of fused-ring (bicyclic) bond motifs is 1. The molecule has 0 aliphatic rings. The molecule has 2 N–H and O–H groups in total. The summed E-state index contributed by atoms with van der Waals surface area (Å²) in [5.41, 5.74) is 10.3. The van der Waals surface area contributed by atoms with Crippen molar-refractivity contribution in [2.75, 3.05) is 12.8 Å². The van der Waals surface area contributed by atoms with Crippen LogP contribution in [0.2, 0.25) is 0 Å². The van der Waals surface area contributed by atoms with Crippen molar-refractivity contribution >= 4 is 16.5 Å². The number of benzene rings is 3. The fraction of sp³-hybridized carbons (Fsp3) is 0.111. The Balaban J connectivity index is 2.29. The van der Waals surface area contributed by atoms with Gasteiger partial charge in [-0.25, -0.2) is 0 Å². The first-order valence-corrected chi connectivity index (χ1v) is 6.63. The zero-order chi connectivity index (χ0) is 14.1. The van der Waals surface area contributed by atoms with Crippen molar-refractivity contribution in [2.24, 2.45) is 0 Å². The molecular formula is C18H17NO. The van der Waals surface area contributed by atoms with Crippen LogP contribution in [-0.2, 0) is 0 Å². The van der Waals surface area contributed by atoms with E-state index >= 15 is 0 Å². The Labute approximate surface area is 118 Å². The van der Waals surface area contributed by atoms with E-state index in [9.17, 15) is 0 Å². The number of rotatable bonds is 2. The average Bonchev–Trinajstić information content (AvgIpc) is 2.49. The normalized spacial score (nSPS) is 10.7. The lowest BCUT2D eigenvalue weighted by Crippen LogP contribution is -1.91. The summed E-state index contributed by atoms with van der Waals surface area (Å²) in [7, 11) is 1.70. The minimum atomic E-state index is 0.822. The summed E-state index contributed by atoms with van der Waals surface area (Å²) in [6, 6.07) is 18.6. The summed E-state index contributed by atoms with van der Waals surface area (Å²) in [4.78, 5) is 0. The van der Waals surface area contributed by atoms with Crippen LogP contribution in [-0.4, -0.2) is 7.11 Å². The van der Waals surface area contributed by atoms with Crippen molar-refractivity contribution in [3.8, 4) is 16.9 Å². The fourth-order valence-electron chi connectivity index (χ4n) is 2.51. The van der Waals surface area contributed by atoms with Crippen LogP contribution in [0.3, 0.4) is 0 Å². The van der Waals surface area contributed by atoms with Gasteiger partial charge in [0, 0.05) is 11.1 Å². The topological polar surface area (TPSA) is 35.2 Å². The number of nitrogens with two attached hydrogens (primary N) is 1. The van der Waals surface area contributed by atoms with E-state index in [2.05, 4.69) is 30.3 Å². The van der Waals surface area contributed by atoms with Crippen LogP contribution in [0.4, 0.5) is 5.69 Å². The Morgan fingerprint density at radius 3 is 2.35 bits per heavy atom. The Kier molecular flexibility index (Phi) is 3.07. The van der Waals surface area contributed by atoms with Gasteiger partial charge in [-0.15, -0.1) is 0 Å². The summed E-state index contributed by atoms with van der Waals surface area (Å²) in [5, 5.41) is 2.29. The Morgan fingerprint density at radius 2 is 1.65 bits per heavy atom. The highest BCUT2D eigenvalue weighted by molar-refractivity contribution is 6.00. The molecule has 0 spiro atoms. The first kappa shape index (κ1) is 12.5. The molecule has 3 aromatic carbocycles. The molecule has 100 valence electrons. The highest BCUT2D eigenvalue weighted by Crippen LogP contribution is 2.35. The molecule has 2 heteroatoms. The van der Waals surface area contributed by atoms with Gasteiger partial charge in [-0.1, -0.05) is 42.5 Å². The van der Waals surface area contributed by atoms with Gasteiger partial charge >= 0.3 is 0 Å². The van der Waals surface area contributed by atoms with Crippen LogP contribution in [0, 0.1) is 6.92 Å². The third-order valence-corrected chi connectivity index (χ3v) is 3.69. The van der Waals surface area contributed by atoms with Crippen molar-refractivity contribution in [3.63, 3.8) is 0 Å².